The molecule has 1 aromatic heterocycles. The Kier molecular flexibility index (Phi) is 4.90. The zero-order chi connectivity index (χ0) is 16.3. The first-order valence-electron chi connectivity index (χ1n) is 7.06. The molecule has 1 saturated heterocycles. The molecule has 0 aliphatic carbocycles. The highest BCUT2D eigenvalue weighted by atomic mass is 32.2. The molecule has 1 fully saturated rings. The van der Waals surface area contributed by atoms with E-state index in [0.29, 0.717) is 18.0 Å². The summed E-state index contributed by atoms with van der Waals surface area (Å²) in [7, 11) is 0.181. The summed E-state index contributed by atoms with van der Waals surface area (Å²) in [6, 6.07) is 2.77. The third-order valence-corrected chi connectivity index (χ3v) is 5.55. The number of hydrogen-bond acceptors (Lipinski definition) is 6. The van der Waals surface area contributed by atoms with Crippen LogP contribution in [0.25, 0.3) is 0 Å². The van der Waals surface area contributed by atoms with E-state index in [1.54, 1.807) is 32.3 Å². The molecule has 0 bridgehead atoms. The van der Waals surface area contributed by atoms with Crippen molar-refractivity contribution < 1.29 is 17.9 Å². The fourth-order valence-electron chi connectivity index (χ4n) is 2.46. The van der Waals surface area contributed by atoms with Gasteiger partial charge in [-0.2, -0.15) is 0 Å². The fraction of sp³-hybridized carbons (Fsp3) is 0.571. The first-order valence-corrected chi connectivity index (χ1v) is 8.88. The highest BCUT2D eigenvalue weighted by Gasteiger charge is 2.34. The molecule has 1 aliphatic rings. The Bertz CT molecular complexity index is 630. The lowest BCUT2D eigenvalue weighted by Crippen LogP contribution is -2.45. The van der Waals surface area contributed by atoms with E-state index in [0.717, 1.165) is 0 Å². The summed E-state index contributed by atoms with van der Waals surface area (Å²) < 4.78 is 28.0. The second-order valence-electron chi connectivity index (χ2n) is 5.46. The number of aromatic nitrogens is 1. The van der Waals surface area contributed by atoms with E-state index in [1.807, 2.05) is 0 Å². The molecule has 0 unspecified atom stereocenters. The molecule has 1 N–H and O–H groups in total. The van der Waals surface area contributed by atoms with Gasteiger partial charge in [0.05, 0.1) is 30.5 Å². The van der Waals surface area contributed by atoms with Gasteiger partial charge in [-0.05, 0) is 19.4 Å². The van der Waals surface area contributed by atoms with Crippen molar-refractivity contribution in [3.63, 3.8) is 0 Å². The van der Waals surface area contributed by atoms with Crippen molar-refractivity contribution in [1.82, 2.24) is 9.88 Å². The Hall–Kier alpha value is -1.83. The maximum atomic E-state index is 12.4. The average Bonchev–Trinajstić information content (AvgIpc) is 2.86. The minimum Gasteiger partial charge on any atom is -0.481 e. The van der Waals surface area contributed by atoms with Crippen molar-refractivity contribution in [1.29, 1.82) is 0 Å². The van der Waals surface area contributed by atoms with E-state index in [4.69, 9.17) is 4.74 Å². The normalized spacial score (nSPS) is 21.1. The number of amides is 1. The molecule has 0 saturated carbocycles. The average molecular weight is 327 g/mol. The molecule has 2 heterocycles. The second-order valence-corrected chi connectivity index (χ2v) is 7.69. The molecule has 0 radical (unpaired) electrons. The number of carbonyl (C=O) groups excluding carboxylic acids is 1. The summed E-state index contributed by atoms with van der Waals surface area (Å²) in [4.78, 5) is 18.0. The van der Waals surface area contributed by atoms with E-state index in [2.05, 4.69) is 10.3 Å². The van der Waals surface area contributed by atoms with Gasteiger partial charge in [0.1, 0.15) is 6.04 Å². The van der Waals surface area contributed by atoms with Crippen LogP contribution in [0.2, 0.25) is 0 Å². The number of likely N-dealkylation sites (N-methyl/N-ethyl adjacent to an activating group) is 1. The predicted octanol–water partition coefficient (Wildman–Crippen LogP) is 0.536. The number of rotatable bonds is 5. The molecular weight excluding hydrogens is 306 g/mol. The van der Waals surface area contributed by atoms with Crippen LogP contribution in [0, 0.1) is 0 Å². The molecule has 8 heteroatoms. The smallest absolute Gasteiger partial charge is 0.244 e. The number of pyridine rings is 1. The molecule has 122 valence electrons. The van der Waals surface area contributed by atoms with Gasteiger partial charge in [-0.3, -0.25) is 4.79 Å². The van der Waals surface area contributed by atoms with Crippen LogP contribution in [0.3, 0.4) is 0 Å². The van der Waals surface area contributed by atoms with Crippen molar-refractivity contribution >= 4 is 21.4 Å². The molecular formula is C14H21N3O4S. The lowest BCUT2D eigenvalue weighted by molar-refractivity contribution is -0.132. The summed E-state index contributed by atoms with van der Waals surface area (Å²) in [5.41, 5.74) is 0.703. The van der Waals surface area contributed by atoms with Gasteiger partial charge in [-0.15, -0.1) is 0 Å². The number of carbonyl (C=O) groups is 1. The topological polar surface area (TPSA) is 88.6 Å². The van der Waals surface area contributed by atoms with Crippen molar-refractivity contribution in [2.45, 2.75) is 25.4 Å². The Labute approximate surface area is 130 Å². The number of hydrogen-bond donors (Lipinski definition) is 1. The quantitative estimate of drug-likeness (QED) is 0.849. The number of anilines is 1. The van der Waals surface area contributed by atoms with Gasteiger partial charge < -0.3 is 15.0 Å². The highest BCUT2D eigenvalue weighted by Crippen LogP contribution is 2.18. The second kappa shape index (κ2) is 6.51. The SMILES string of the molecule is COc1ccc(N[C@H](C)C(=O)N(C)[C@@H]2CCS(=O)(=O)C2)cn1. The van der Waals surface area contributed by atoms with Gasteiger partial charge in [0.2, 0.25) is 11.8 Å². The Morgan fingerprint density at radius 2 is 2.23 bits per heavy atom. The summed E-state index contributed by atoms with van der Waals surface area (Å²) in [6.07, 6.45) is 2.09. The Balaban J connectivity index is 1.96. The molecule has 2 rings (SSSR count). The first-order chi connectivity index (χ1) is 10.3. The van der Waals surface area contributed by atoms with Gasteiger partial charge in [0.25, 0.3) is 0 Å². The van der Waals surface area contributed by atoms with Crippen LogP contribution in [0.1, 0.15) is 13.3 Å². The van der Waals surface area contributed by atoms with E-state index in [9.17, 15) is 13.2 Å². The molecule has 7 nitrogen and oxygen atoms in total. The summed E-state index contributed by atoms with van der Waals surface area (Å²) in [6.45, 7) is 1.74. The lowest BCUT2D eigenvalue weighted by atomic mass is 10.2. The van der Waals surface area contributed by atoms with Crippen molar-refractivity contribution in [3.05, 3.63) is 18.3 Å². The van der Waals surface area contributed by atoms with E-state index < -0.39 is 15.9 Å². The van der Waals surface area contributed by atoms with Crippen molar-refractivity contribution in [2.24, 2.45) is 0 Å². The van der Waals surface area contributed by atoms with Crippen molar-refractivity contribution in [3.8, 4) is 5.88 Å². The van der Waals surface area contributed by atoms with Crippen LogP contribution in [0.5, 0.6) is 5.88 Å². The van der Waals surface area contributed by atoms with Gasteiger partial charge in [-0.25, -0.2) is 13.4 Å². The molecule has 1 amide bonds. The summed E-state index contributed by atoms with van der Waals surface area (Å²) in [5.74, 6) is 0.557. The third-order valence-electron chi connectivity index (χ3n) is 3.80. The van der Waals surface area contributed by atoms with Crippen LogP contribution in [0.4, 0.5) is 5.69 Å². The zero-order valence-electron chi connectivity index (χ0n) is 12.9. The van der Waals surface area contributed by atoms with Gasteiger partial charge >= 0.3 is 0 Å². The van der Waals surface area contributed by atoms with Gasteiger partial charge in [-0.1, -0.05) is 0 Å². The minimum atomic E-state index is -3.00. The highest BCUT2D eigenvalue weighted by molar-refractivity contribution is 7.91. The largest absolute Gasteiger partial charge is 0.481 e. The number of ether oxygens (including phenoxy) is 1. The van der Waals surface area contributed by atoms with Crippen LogP contribution in [0.15, 0.2) is 18.3 Å². The molecule has 22 heavy (non-hydrogen) atoms. The number of methoxy groups -OCH3 is 1. The van der Waals surface area contributed by atoms with Gasteiger partial charge in [0, 0.05) is 19.2 Å². The molecule has 0 spiro atoms. The Morgan fingerprint density at radius 1 is 1.50 bits per heavy atom. The molecule has 1 aliphatic heterocycles. The third kappa shape index (κ3) is 3.88. The van der Waals surface area contributed by atoms with E-state index >= 15 is 0 Å². The summed E-state index contributed by atoms with van der Waals surface area (Å²) >= 11 is 0. The lowest BCUT2D eigenvalue weighted by Gasteiger charge is -2.27. The summed E-state index contributed by atoms with van der Waals surface area (Å²) in [5, 5.41) is 3.06. The van der Waals surface area contributed by atoms with Gasteiger partial charge in [0.15, 0.2) is 9.84 Å². The predicted molar refractivity (Wildman–Crippen MR) is 83.7 cm³/mol. The number of sulfone groups is 1. The minimum absolute atomic E-state index is 0.0477. The number of nitrogens with one attached hydrogen (secondary N) is 1. The molecule has 2 atom stereocenters. The Morgan fingerprint density at radius 3 is 2.73 bits per heavy atom. The maximum absolute atomic E-state index is 12.4. The van der Waals surface area contributed by atoms with Crippen LogP contribution < -0.4 is 10.1 Å². The standard InChI is InChI=1S/C14H21N3O4S/c1-10(16-11-4-5-13(21-3)15-8-11)14(18)17(2)12-6-7-22(19,20)9-12/h4-5,8,10,12,16H,6-7,9H2,1-3H3/t10-,12-/m1/s1. The maximum Gasteiger partial charge on any atom is 0.244 e. The van der Waals surface area contributed by atoms with E-state index in [-0.39, 0.29) is 23.5 Å². The fourth-order valence-corrected chi connectivity index (χ4v) is 4.24. The monoisotopic (exact) mass is 327 g/mol. The number of nitrogens with zero attached hydrogens (tertiary/aromatic N) is 2. The van der Waals surface area contributed by atoms with E-state index in [1.165, 1.54) is 12.0 Å². The van der Waals surface area contributed by atoms with Crippen LogP contribution in [-0.2, 0) is 14.6 Å². The van der Waals surface area contributed by atoms with Crippen LogP contribution >= 0.6 is 0 Å². The van der Waals surface area contributed by atoms with Crippen molar-refractivity contribution in [2.75, 3.05) is 31.0 Å². The first kappa shape index (κ1) is 16.5. The van der Waals surface area contributed by atoms with Crippen LogP contribution in [-0.4, -0.2) is 62.0 Å². The zero-order valence-corrected chi connectivity index (χ0v) is 13.8. The molecule has 1 aromatic rings. The molecule has 0 aromatic carbocycles.